The van der Waals surface area contributed by atoms with E-state index in [0.717, 1.165) is 16.3 Å². The molecule has 0 saturated carbocycles. The molecule has 6 nitrogen and oxygen atoms in total. The van der Waals surface area contributed by atoms with Gasteiger partial charge in [0.25, 0.3) is 10.0 Å². The average Bonchev–Trinajstić information content (AvgIpc) is 2.78. The second kappa shape index (κ2) is 10.1. The Hall–Kier alpha value is -3.32. The fourth-order valence-electron chi connectivity index (χ4n) is 3.09. The maximum absolute atomic E-state index is 13.3. The fraction of sp³-hybridized carbons (Fsp3) is 0.208. The molecule has 0 aliphatic rings. The van der Waals surface area contributed by atoms with Gasteiger partial charge < -0.3 is 10.1 Å². The molecule has 0 radical (unpaired) electrons. The minimum Gasteiger partial charge on any atom is -0.494 e. The predicted octanol–water partition coefficient (Wildman–Crippen LogP) is 4.48. The van der Waals surface area contributed by atoms with Crippen LogP contribution in [0.1, 0.15) is 19.4 Å². The summed E-state index contributed by atoms with van der Waals surface area (Å²) < 4.78 is 33.3. The Kier molecular flexibility index (Phi) is 7.31. The molecule has 0 unspecified atom stereocenters. The first-order chi connectivity index (χ1) is 14.9. The maximum Gasteiger partial charge on any atom is 0.264 e. The van der Waals surface area contributed by atoms with Gasteiger partial charge >= 0.3 is 0 Å². The number of hydrogen-bond donors (Lipinski definition) is 1. The summed E-state index contributed by atoms with van der Waals surface area (Å²) in [7, 11) is -3.93. The van der Waals surface area contributed by atoms with E-state index in [1.807, 2.05) is 26.0 Å². The molecule has 162 valence electrons. The van der Waals surface area contributed by atoms with Crippen LogP contribution < -0.4 is 14.4 Å². The van der Waals surface area contributed by atoms with Crippen molar-refractivity contribution in [2.24, 2.45) is 0 Å². The second-order valence-corrected chi connectivity index (χ2v) is 8.72. The highest BCUT2D eigenvalue weighted by Crippen LogP contribution is 2.25. The SMILES string of the molecule is CCOc1cccc(NC(=O)CN(c2ccc(CC)cc2)S(=O)(=O)c2ccccc2)c1. The molecule has 0 heterocycles. The molecule has 31 heavy (non-hydrogen) atoms. The molecule has 1 N–H and O–H groups in total. The van der Waals surface area contributed by atoms with E-state index in [9.17, 15) is 13.2 Å². The smallest absolute Gasteiger partial charge is 0.264 e. The lowest BCUT2D eigenvalue weighted by Gasteiger charge is -2.24. The number of nitrogens with one attached hydrogen (secondary N) is 1. The molecule has 1 amide bonds. The van der Waals surface area contributed by atoms with Crippen LogP contribution in [-0.4, -0.2) is 27.5 Å². The van der Waals surface area contributed by atoms with Gasteiger partial charge in [-0.3, -0.25) is 9.10 Å². The minimum atomic E-state index is -3.93. The summed E-state index contributed by atoms with van der Waals surface area (Å²) in [6.07, 6.45) is 0.836. The van der Waals surface area contributed by atoms with Crippen LogP contribution in [0.5, 0.6) is 5.75 Å². The van der Waals surface area contributed by atoms with Crippen LogP contribution in [0.15, 0.2) is 83.8 Å². The minimum absolute atomic E-state index is 0.126. The summed E-state index contributed by atoms with van der Waals surface area (Å²) in [5, 5.41) is 2.76. The Labute approximate surface area is 183 Å². The van der Waals surface area contributed by atoms with Gasteiger partial charge in [-0.15, -0.1) is 0 Å². The molecule has 3 rings (SSSR count). The van der Waals surface area contributed by atoms with Gasteiger partial charge in [0.1, 0.15) is 12.3 Å². The molecule has 0 atom stereocenters. The first-order valence-electron chi connectivity index (χ1n) is 10.1. The number of rotatable bonds is 9. The van der Waals surface area contributed by atoms with Crippen molar-refractivity contribution in [3.63, 3.8) is 0 Å². The van der Waals surface area contributed by atoms with Crippen LogP contribution in [-0.2, 0) is 21.2 Å². The second-order valence-electron chi connectivity index (χ2n) is 6.85. The first-order valence-corrected chi connectivity index (χ1v) is 11.6. The summed E-state index contributed by atoms with van der Waals surface area (Å²) in [6.45, 7) is 4.05. The highest BCUT2D eigenvalue weighted by Gasteiger charge is 2.27. The maximum atomic E-state index is 13.3. The van der Waals surface area contributed by atoms with E-state index < -0.39 is 15.9 Å². The van der Waals surface area contributed by atoms with E-state index in [4.69, 9.17) is 4.74 Å². The lowest BCUT2D eigenvalue weighted by Crippen LogP contribution is -2.38. The standard InChI is InChI=1S/C24H26N2O4S/c1-3-19-13-15-21(16-14-19)26(31(28,29)23-11-6-5-7-12-23)18-24(27)25-20-9-8-10-22(17-20)30-4-2/h5-17H,3-4,18H2,1-2H3,(H,25,27). The Bertz CT molecular complexity index is 1110. The molecule has 0 fully saturated rings. The summed E-state index contributed by atoms with van der Waals surface area (Å²) in [4.78, 5) is 12.9. The molecular weight excluding hydrogens is 412 g/mol. The van der Waals surface area contributed by atoms with Crippen LogP contribution >= 0.6 is 0 Å². The highest BCUT2D eigenvalue weighted by molar-refractivity contribution is 7.92. The zero-order valence-electron chi connectivity index (χ0n) is 17.6. The molecule has 0 spiro atoms. The largest absolute Gasteiger partial charge is 0.494 e. The number of nitrogens with zero attached hydrogens (tertiary/aromatic N) is 1. The highest BCUT2D eigenvalue weighted by atomic mass is 32.2. The Balaban J connectivity index is 1.89. The third-order valence-corrected chi connectivity index (χ3v) is 6.47. The first kappa shape index (κ1) is 22.4. The quantitative estimate of drug-likeness (QED) is 0.534. The lowest BCUT2D eigenvalue weighted by molar-refractivity contribution is -0.114. The summed E-state index contributed by atoms with van der Waals surface area (Å²) in [5.41, 5.74) is 2.05. The predicted molar refractivity (Wildman–Crippen MR) is 123 cm³/mol. The third-order valence-electron chi connectivity index (χ3n) is 4.68. The number of carbonyl (C=O) groups is 1. The number of hydrogen-bond acceptors (Lipinski definition) is 4. The van der Waals surface area contributed by atoms with Gasteiger partial charge in [-0.25, -0.2) is 8.42 Å². The van der Waals surface area contributed by atoms with E-state index in [-0.39, 0.29) is 11.4 Å². The van der Waals surface area contributed by atoms with Crippen molar-refractivity contribution in [3.05, 3.63) is 84.4 Å². The van der Waals surface area contributed by atoms with E-state index >= 15 is 0 Å². The molecule has 0 aliphatic carbocycles. The van der Waals surface area contributed by atoms with Crippen molar-refractivity contribution in [2.45, 2.75) is 25.2 Å². The van der Waals surface area contributed by atoms with Crippen molar-refractivity contribution in [1.29, 1.82) is 0 Å². The topological polar surface area (TPSA) is 75.7 Å². The number of carbonyl (C=O) groups excluding carboxylic acids is 1. The number of sulfonamides is 1. The van der Waals surface area contributed by atoms with Crippen LogP contribution in [0.4, 0.5) is 11.4 Å². The van der Waals surface area contributed by atoms with E-state index in [1.54, 1.807) is 54.6 Å². The summed E-state index contributed by atoms with van der Waals surface area (Å²) in [5.74, 6) is 0.178. The zero-order valence-corrected chi connectivity index (χ0v) is 18.4. The number of aryl methyl sites for hydroxylation is 1. The Morgan fingerprint density at radius 1 is 0.935 bits per heavy atom. The Morgan fingerprint density at radius 2 is 1.65 bits per heavy atom. The molecule has 0 aromatic heterocycles. The van der Waals surface area contributed by atoms with Gasteiger partial charge in [0.15, 0.2) is 0 Å². The molecular formula is C24H26N2O4S. The molecule has 0 bridgehead atoms. The zero-order chi connectivity index (χ0) is 22.3. The average molecular weight is 439 g/mol. The number of ether oxygens (including phenoxy) is 1. The van der Waals surface area contributed by atoms with Crippen LogP contribution in [0, 0.1) is 0 Å². The van der Waals surface area contributed by atoms with E-state index in [0.29, 0.717) is 23.7 Å². The number of benzene rings is 3. The van der Waals surface area contributed by atoms with Crippen molar-refractivity contribution in [3.8, 4) is 5.75 Å². The fourth-order valence-corrected chi connectivity index (χ4v) is 4.54. The lowest BCUT2D eigenvalue weighted by atomic mass is 10.1. The van der Waals surface area contributed by atoms with Gasteiger partial charge in [0, 0.05) is 11.8 Å². The van der Waals surface area contributed by atoms with Gasteiger partial charge in [-0.2, -0.15) is 0 Å². The van der Waals surface area contributed by atoms with Crippen molar-refractivity contribution in [2.75, 3.05) is 22.8 Å². The molecule has 3 aromatic carbocycles. The van der Waals surface area contributed by atoms with Crippen molar-refractivity contribution >= 4 is 27.3 Å². The van der Waals surface area contributed by atoms with Gasteiger partial charge in [0.05, 0.1) is 17.2 Å². The van der Waals surface area contributed by atoms with Crippen LogP contribution in [0.25, 0.3) is 0 Å². The van der Waals surface area contributed by atoms with E-state index in [2.05, 4.69) is 5.32 Å². The van der Waals surface area contributed by atoms with Crippen molar-refractivity contribution < 1.29 is 17.9 Å². The molecule has 0 saturated heterocycles. The van der Waals surface area contributed by atoms with Crippen LogP contribution in [0.3, 0.4) is 0 Å². The summed E-state index contributed by atoms with van der Waals surface area (Å²) >= 11 is 0. The van der Waals surface area contributed by atoms with Crippen molar-refractivity contribution in [1.82, 2.24) is 0 Å². The van der Waals surface area contributed by atoms with Gasteiger partial charge in [-0.05, 0) is 55.3 Å². The molecule has 3 aromatic rings. The molecule has 0 aliphatic heterocycles. The Morgan fingerprint density at radius 3 is 2.29 bits per heavy atom. The normalized spacial score (nSPS) is 11.0. The summed E-state index contributed by atoms with van der Waals surface area (Å²) in [6, 6.07) is 22.3. The van der Waals surface area contributed by atoms with Gasteiger partial charge in [-0.1, -0.05) is 43.3 Å². The van der Waals surface area contributed by atoms with Gasteiger partial charge in [0.2, 0.25) is 5.91 Å². The van der Waals surface area contributed by atoms with Crippen LogP contribution in [0.2, 0.25) is 0 Å². The monoisotopic (exact) mass is 438 g/mol. The van der Waals surface area contributed by atoms with E-state index in [1.165, 1.54) is 12.1 Å². The molecule has 7 heteroatoms. The third kappa shape index (κ3) is 5.64. The number of amides is 1. The number of anilines is 2.